The van der Waals surface area contributed by atoms with Crippen LogP contribution in [0.2, 0.25) is 0 Å². The average molecular weight is 300 g/mol. The summed E-state index contributed by atoms with van der Waals surface area (Å²) in [6.45, 7) is 1.52. The lowest BCUT2D eigenvalue weighted by Crippen LogP contribution is -2.07. The first-order valence-corrected chi connectivity index (χ1v) is 6.66. The van der Waals surface area contributed by atoms with Gasteiger partial charge < -0.3 is 14.6 Å². The molecule has 0 bridgehead atoms. The van der Waals surface area contributed by atoms with Crippen molar-refractivity contribution in [2.24, 2.45) is 0 Å². The molecule has 5 heteroatoms. The standard InChI is InChI=1S/C17H16O5/c1-11(18)14-8-7-13(9-16(14)19)22-10-12-5-3-4-6-15(12)17(20)21-2/h3-9,19H,10H2,1-2H3. The van der Waals surface area contributed by atoms with Crippen LogP contribution >= 0.6 is 0 Å². The van der Waals surface area contributed by atoms with Gasteiger partial charge in [0.1, 0.15) is 18.1 Å². The average Bonchev–Trinajstić information content (AvgIpc) is 2.52. The molecule has 0 aliphatic rings. The summed E-state index contributed by atoms with van der Waals surface area (Å²) in [5.41, 5.74) is 1.33. The maximum absolute atomic E-state index is 11.7. The van der Waals surface area contributed by atoms with Gasteiger partial charge in [-0.3, -0.25) is 4.79 Å². The third-order valence-electron chi connectivity index (χ3n) is 3.17. The summed E-state index contributed by atoms with van der Waals surface area (Å²) in [6, 6.07) is 11.4. The largest absolute Gasteiger partial charge is 0.507 e. The number of ether oxygens (including phenoxy) is 2. The van der Waals surface area contributed by atoms with E-state index < -0.39 is 5.97 Å². The molecule has 0 fully saturated rings. The Bertz CT molecular complexity index is 706. The molecule has 22 heavy (non-hydrogen) atoms. The second-order valence-corrected chi connectivity index (χ2v) is 4.67. The summed E-state index contributed by atoms with van der Waals surface area (Å²) >= 11 is 0. The minimum absolute atomic E-state index is 0.133. The van der Waals surface area contributed by atoms with E-state index in [1.807, 2.05) is 0 Å². The summed E-state index contributed by atoms with van der Waals surface area (Å²) in [6.07, 6.45) is 0. The molecule has 2 aromatic rings. The number of carbonyl (C=O) groups is 2. The van der Waals surface area contributed by atoms with Gasteiger partial charge in [0, 0.05) is 11.6 Å². The molecule has 0 aliphatic carbocycles. The van der Waals surface area contributed by atoms with Gasteiger partial charge in [-0.2, -0.15) is 0 Å². The lowest BCUT2D eigenvalue weighted by atomic mass is 10.1. The van der Waals surface area contributed by atoms with Gasteiger partial charge in [0.15, 0.2) is 5.78 Å². The van der Waals surface area contributed by atoms with Crippen molar-refractivity contribution in [3.8, 4) is 11.5 Å². The second-order valence-electron chi connectivity index (χ2n) is 4.67. The third kappa shape index (κ3) is 3.44. The first kappa shape index (κ1) is 15.6. The monoisotopic (exact) mass is 300 g/mol. The number of aromatic hydroxyl groups is 1. The molecule has 0 radical (unpaired) electrons. The maximum atomic E-state index is 11.7. The zero-order chi connectivity index (χ0) is 16.1. The molecular formula is C17H16O5. The van der Waals surface area contributed by atoms with Crippen LogP contribution in [0.3, 0.4) is 0 Å². The molecule has 0 aromatic heterocycles. The Morgan fingerprint density at radius 3 is 2.45 bits per heavy atom. The van der Waals surface area contributed by atoms with E-state index in [0.29, 0.717) is 16.9 Å². The second kappa shape index (κ2) is 6.76. The normalized spacial score (nSPS) is 10.1. The topological polar surface area (TPSA) is 72.8 Å². The fraction of sp³-hybridized carbons (Fsp3) is 0.176. The van der Waals surface area contributed by atoms with Crippen LogP contribution in [-0.2, 0) is 11.3 Å². The fourth-order valence-corrected chi connectivity index (χ4v) is 2.02. The summed E-state index contributed by atoms with van der Waals surface area (Å²) in [5.74, 6) is -0.387. The van der Waals surface area contributed by atoms with Crippen LogP contribution in [0, 0.1) is 0 Å². The number of phenols is 1. The van der Waals surface area contributed by atoms with E-state index in [2.05, 4.69) is 0 Å². The summed E-state index contributed by atoms with van der Waals surface area (Å²) in [4.78, 5) is 22.9. The van der Waals surface area contributed by atoms with Crippen LogP contribution in [0.25, 0.3) is 0 Å². The molecule has 5 nitrogen and oxygen atoms in total. The van der Waals surface area contributed by atoms with Gasteiger partial charge in [-0.1, -0.05) is 18.2 Å². The van der Waals surface area contributed by atoms with Gasteiger partial charge in [0.25, 0.3) is 0 Å². The van der Waals surface area contributed by atoms with E-state index in [1.165, 1.54) is 26.2 Å². The van der Waals surface area contributed by atoms with Crippen molar-refractivity contribution in [3.63, 3.8) is 0 Å². The van der Waals surface area contributed by atoms with E-state index in [-0.39, 0.29) is 23.7 Å². The van der Waals surface area contributed by atoms with Crippen molar-refractivity contribution in [2.45, 2.75) is 13.5 Å². The molecule has 0 aliphatic heterocycles. The number of hydrogen-bond acceptors (Lipinski definition) is 5. The van der Waals surface area contributed by atoms with Gasteiger partial charge in [-0.15, -0.1) is 0 Å². The van der Waals surface area contributed by atoms with Gasteiger partial charge >= 0.3 is 5.97 Å². The maximum Gasteiger partial charge on any atom is 0.338 e. The molecule has 0 spiro atoms. The van der Waals surface area contributed by atoms with E-state index in [9.17, 15) is 14.7 Å². The molecule has 0 saturated carbocycles. The predicted octanol–water partition coefficient (Wildman–Crippen LogP) is 2.96. The minimum atomic E-state index is -0.436. The van der Waals surface area contributed by atoms with Gasteiger partial charge in [-0.25, -0.2) is 4.79 Å². The van der Waals surface area contributed by atoms with Crippen molar-refractivity contribution in [2.75, 3.05) is 7.11 Å². The Hall–Kier alpha value is -2.82. The number of methoxy groups -OCH3 is 1. The van der Waals surface area contributed by atoms with E-state index >= 15 is 0 Å². The highest BCUT2D eigenvalue weighted by molar-refractivity contribution is 5.96. The molecule has 2 rings (SSSR count). The number of benzene rings is 2. The first-order chi connectivity index (χ1) is 10.5. The number of carbonyl (C=O) groups excluding carboxylic acids is 2. The Morgan fingerprint density at radius 1 is 1.09 bits per heavy atom. The molecule has 114 valence electrons. The molecule has 0 heterocycles. The van der Waals surface area contributed by atoms with Gasteiger partial charge in [-0.05, 0) is 25.1 Å². The number of esters is 1. The van der Waals surface area contributed by atoms with Crippen molar-refractivity contribution < 1.29 is 24.2 Å². The van der Waals surface area contributed by atoms with Crippen LogP contribution in [0.4, 0.5) is 0 Å². The molecule has 0 amide bonds. The van der Waals surface area contributed by atoms with Crippen LogP contribution in [0.1, 0.15) is 33.2 Å². The summed E-state index contributed by atoms with van der Waals surface area (Å²) < 4.78 is 10.3. The van der Waals surface area contributed by atoms with Crippen LogP contribution in [0.15, 0.2) is 42.5 Å². The molecule has 0 atom stereocenters. The van der Waals surface area contributed by atoms with Crippen molar-refractivity contribution in [3.05, 3.63) is 59.2 Å². The third-order valence-corrected chi connectivity index (χ3v) is 3.17. The highest BCUT2D eigenvalue weighted by atomic mass is 16.5. The predicted molar refractivity (Wildman–Crippen MR) is 80.2 cm³/mol. The number of rotatable bonds is 5. The van der Waals surface area contributed by atoms with Crippen LogP contribution in [-0.4, -0.2) is 24.0 Å². The molecular weight excluding hydrogens is 284 g/mol. The van der Waals surface area contributed by atoms with E-state index in [0.717, 1.165) is 0 Å². The highest BCUT2D eigenvalue weighted by Crippen LogP contribution is 2.25. The molecule has 1 N–H and O–H groups in total. The Kier molecular flexibility index (Phi) is 4.78. The van der Waals surface area contributed by atoms with E-state index in [4.69, 9.17) is 9.47 Å². The van der Waals surface area contributed by atoms with Crippen molar-refractivity contribution in [1.82, 2.24) is 0 Å². The van der Waals surface area contributed by atoms with Gasteiger partial charge in [0.05, 0.1) is 18.2 Å². The number of hydrogen-bond donors (Lipinski definition) is 1. The molecule has 0 saturated heterocycles. The van der Waals surface area contributed by atoms with E-state index in [1.54, 1.807) is 30.3 Å². The SMILES string of the molecule is COC(=O)c1ccccc1COc1ccc(C(C)=O)c(O)c1. The first-order valence-electron chi connectivity index (χ1n) is 6.66. The number of ketones is 1. The summed E-state index contributed by atoms with van der Waals surface area (Å²) in [5, 5.41) is 9.76. The lowest BCUT2D eigenvalue weighted by Gasteiger charge is -2.10. The quantitative estimate of drug-likeness (QED) is 0.679. The lowest BCUT2D eigenvalue weighted by molar-refractivity contribution is 0.0597. The zero-order valence-corrected chi connectivity index (χ0v) is 12.3. The smallest absolute Gasteiger partial charge is 0.338 e. The fourth-order valence-electron chi connectivity index (χ4n) is 2.02. The van der Waals surface area contributed by atoms with Crippen LogP contribution in [0.5, 0.6) is 11.5 Å². The Labute approximate surface area is 128 Å². The van der Waals surface area contributed by atoms with Crippen LogP contribution < -0.4 is 4.74 Å². The Balaban J connectivity index is 2.16. The number of phenolic OH excluding ortho intramolecular Hbond substituents is 1. The Morgan fingerprint density at radius 2 is 1.82 bits per heavy atom. The molecule has 2 aromatic carbocycles. The minimum Gasteiger partial charge on any atom is -0.507 e. The van der Waals surface area contributed by atoms with Crippen molar-refractivity contribution in [1.29, 1.82) is 0 Å². The summed E-state index contributed by atoms with van der Waals surface area (Å²) in [7, 11) is 1.32. The van der Waals surface area contributed by atoms with Gasteiger partial charge in [0.2, 0.25) is 0 Å². The zero-order valence-electron chi connectivity index (χ0n) is 12.3. The number of Topliss-reactive ketones (excluding diaryl/α,β-unsaturated/α-hetero) is 1. The molecule has 0 unspecified atom stereocenters. The highest BCUT2D eigenvalue weighted by Gasteiger charge is 2.12. The van der Waals surface area contributed by atoms with Crippen molar-refractivity contribution >= 4 is 11.8 Å².